The molecule has 1 unspecified atom stereocenters. The monoisotopic (exact) mass is 285 g/mol. The Morgan fingerprint density at radius 3 is 2.81 bits per heavy atom. The van der Waals surface area contributed by atoms with E-state index in [0.29, 0.717) is 0 Å². The van der Waals surface area contributed by atoms with Crippen molar-refractivity contribution >= 4 is 22.5 Å². The molecule has 0 aliphatic carbocycles. The van der Waals surface area contributed by atoms with Gasteiger partial charge < -0.3 is 4.90 Å². The van der Waals surface area contributed by atoms with Gasteiger partial charge in [-0.05, 0) is 29.9 Å². The number of rotatable bonds is 2. The van der Waals surface area contributed by atoms with E-state index in [1.165, 1.54) is 5.56 Å². The Balaban J connectivity index is 2.17. The van der Waals surface area contributed by atoms with E-state index in [2.05, 4.69) is 50.0 Å². The summed E-state index contributed by atoms with van der Waals surface area (Å²) in [6.45, 7) is 9.35. The summed E-state index contributed by atoms with van der Waals surface area (Å²) in [7, 11) is 0. The van der Waals surface area contributed by atoms with Crippen LogP contribution < -0.4 is 4.90 Å². The first-order valence-corrected chi connectivity index (χ1v) is 7.67. The second-order valence-corrected chi connectivity index (χ2v) is 7.20. The van der Waals surface area contributed by atoms with E-state index in [1.807, 2.05) is 11.1 Å². The maximum atomic E-state index is 12.9. The van der Waals surface area contributed by atoms with Crippen molar-refractivity contribution in [2.45, 2.75) is 40.5 Å². The van der Waals surface area contributed by atoms with Crippen molar-refractivity contribution in [3.8, 4) is 0 Å². The normalized spacial score (nSPS) is 19.1. The lowest BCUT2D eigenvalue weighted by molar-refractivity contribution is -0.123. The lowest BCUT2D eigenvalue weighted by atomic mass is 9.86. The molecular weight excluding hydrogens is 262 g/mol. The van der Waals surface area contributed by atoms with Gasteiger partial charge in [0.15, 0.2) is 0 Å². The van der Waals surface area contributed by atoms with Crippen LogP contribution in [0.5, 0.6) is 0 Å². The lowest BCUT2D eigenvalue weighted by Gasteiger charge is -2.38. The molecule has 1 aliphatic rings. The zero-order chi connectivity index (χ0) is 15.2. The average Bonchev–Trinajstić information content (AvgIpc) is 2.88. The molecule has 0 bridgehead atoms. The van der Waals surface area contributed by atoms with Gasteiger partial charge in [0, 0.05) is 17.8 Å². The summed E-state index contributed by atoms with van der Waals surface area (Å²) in [6.07, 6.45) is 3.57. The van der Waals surface area contributed by atoms with E-state index in [-0.39, 0.29) is 17.2 Å². The van der Waals surface area contributed by atoms with Crippen molar-refractivity contribution in [1.29, 1.82) is 0 Å². The van der Waals surface area contributed by atoms with E-state index in [0.717, 1.165) is 36.0 Å². The summed E-state index contributed by atoms with van der Waals surface area (Å²) in [4.78, 5) is 14.8. The van der Waals surface area contributed by atoms with E-state index >= 15 is 0 Å². The predicted octanol–water partition coefficient (Wildman–Crippen LogP) is 3.52. The summed E-state index contributed by atoms with van der Waals surface area (Å²) in [6, 6.07) is 4.21. The van der Waals surface area contributed by atoms with Crippen molar-refractivity contribution < 1.29 is 4.79 Å². The fourth-order valence-corrected chi connectivity index (χ4v) is 3.16. The van der Waals surface area contributed by atoms with Crippen molar-refractivity contribution in [2.24, 2.45) is 11.3 Å². The molecule has 1 aromatic carbocycles. The molecule has 4 heteroatoms. The number of H-pyrrole nitrogens is 1. The highest BCUT2D eigenvalue weighted by molar-refractivity contribution is 6.06. The highest BCUT2D eigenvalue weighted by Crippen LogP contribution is 2.38. The standard InChI is InChI=1S/C17H23N3O/c1-5-11-8-12-6-7-14-13(9-18-19-14)15(12)20(16(11)21)10-17(2,3)4/h6-7,9,11H,5,8,10H2,1-4H3,(H,18,19). The number of hydrogen-bond acceptors (Lipinski definition) is 2. The van der Waals surface area contributed by atoms with Crippen molar-refractivity contribution in [1.82, 2.24) is 10.2 Å². The smallest absolute Gasteiger partial charge is 0.230 e. The molecule has 1 aromatic heterocycles. The third-order valence-electron chi connectivity index (χ3n) is 4.16. The molecule has 3 rings (SSSR count). The molecule has 0 saturated heterocycles. The minimum atomic E-state index is 0.0640. The molecule has 1 N–H and O–H groups in total. The number of benzene rings is 1. The zero-order valence-corrected chi connectivity index (χ0v) is 13.2. The minimum Gasteiger partial charge on any atom is -0.311 e. The van der Waals surface area contributed by atoms with Crippen LogP contribution in [0.2, 0.25) is 0 Å². The molecule has 0 spiro atoms. The zero-order valence-electron chi connectivity index (χ0n) is 13.2. The van der Waals surface area contributed by atoms with E-state index in [1.54, 1.807) is 0 Å². The van der Waals surface area contributed by atoms with Crippen LogP contribution in [0.3, 0.4) is 0 Å². The second kappa shape index (κ2) is 4.86. The molecule has 0 radical (unpaired) electrons. The van der Waals surface area contributed by atoms with Crippen LogP contribution in [0, 0.1) is 11.3 Å². The number of fused-ring (bicyclic) bond motifs is 3. The average molecular weight is 285 g/mol. The number of carbonyl (C=O) groups is 1. The molecule has 0 fully saturated rings. The molecule has 1 atom stereocenters. The van der Waals surface area contributed by atoms with Crippen LogP contribution in [-0.4, -0.2) is 22.6 Å². The largest absolute Gasteiger partial charge is 0.311 e. The van der Waals surface area contributed by atoms with Crippen LogP contribution in [0.25, 0.3) is 10.9 Å². The molecule has 112 valence electrons. The highest BCUT2D eigenvalue weighted by atomic mass is 16.2. The molecule has 1 amide bonds. The number of nitrogens with one attached hydrogen (secondary N) is 1. The first kappa shape index (κ1) is 14.1. The number of nitrogens with zero attached hydrogens (tertiary/aromatic N) is 2. The first-order valence-electron chi connectivity index (χ1n) is 7.67. The van der Waals surface area contributed by atoms with Crippen molar-refractivity contribution in [2.75, 3.05) is 11.4 Å². The van der Waals surface area contributed by atoms with Crippen LogP contribution in [0.15, 0.2) is 18.3 Å². The molecule has 21 heavy (non-hydrogen) atoms. The SMILES string of the molecule is CCC1Cc2ccc3[nH]ncc3c2N(CC(C)(C)C)C1=O. The summed E-state index contributed by atoms with van der Waals surface area (Å²) in [5.41, 5.74) is 3.38. The molecule has 4 nitrogen and oxygen atoms in total. The van der Waals surface area contributed by atoms with Gasteiger partial charge in [0.05, 0.1) is 17.4 Å². The third-order valence-corrected chi connectivity index (χ3v) is 4.16. The molecule has 0 saturated carbocycles. The molecule has 2 aromatic rings. The topological polar surface area (TPSA) is 49.0 Å². The Bertz CT molecular complexity index is 681. The number of aromatic amines is 1. The van der Waals surface area contributed by atoms with Crippen LogP contribution >= 0.6 is 0 Å². The van der Waals surface area contributed by atoms with Crippen LogP contribution in [0.4, 0.5) is 5.69 Å². The number of anilines is 1. The number of carbonyl (C=O) groups excluding carboxylic acids is 1. The van der Waals surface area contributed by atoms with Gasteiger partial charge in [0.25, 0.3) is 0 Å². The van der Waals surface area contributed by atoms with Crippen molar-refractivity contribution in [3.05, 3.63) is 23.9 Å². The number of amides is 1. The van der Waals surface area contributed by atoms with Gasteiger partial charge in [-0.25, -0.2) is 0 Å². The maximum Gasteiger partial charge on any atom is 0.230 e. The Morgan fingerprint density at radius 1 is 1.38 bits per heavy atom. The fraction of sp³-hybridized carbons (Fsp3) is 0.529. The fourth-order valence-electron chi connectivity index (χ4n) is 3.16. The first-order chi connectivity index (χ1) is 9.90. The summed E-state index contributed by atoms with van der Waals surface area (Å²) in [5, 5.41) is 8.20. The Kier molecular flexibility index (Phi) is 3.27. The molecular formula is C17H23N3O. The van der Waals surface area contributed by atoms with Crippen LogP contribution in [0.1, 0.15) is 39.7 Å². The third kappa shape index (κ3) is 2.43. The van der Waals surface area contributed by atoms with Gasteiger partial charge in [-0.2, -0.15) is 5.10 Å². The Morgan fingerprint density at radius 2 is 2.14 bits per heavy atom. The summed E-state index contributed by atoms with van der Waals surface area (Å²) in [5.74, 6) is 0.359. The Labute approximate surface area is 125 Å². The molecule has 1 aliphatic heterocycles. The van der Waals surface area contributed by atoms with E-state index in [9.17, 15) is 4.79 Å². The predicted molar refractivity (Wildman–Crippen MR) is 85.4 cm³/mol. The van der Waals surface area contributed by atoms with Crippen molar-refractivity contribution in [3.63, 3.8) is 0 Å². The van der Waals surface area contributed by atoms with E-state index < -0.39 is 0 Å². The summed E-state index contributed by atoms with van der Waals surface area (Å²) < 4.78 is 0. The van der Waals surface area contributed by atoms with Gasteiger partial charge >= 0.3 is 0 Å². The van der Waals surface area contributed by atoms with Crippen LogP contribution in [-0.2, 0) is 11.2 Å². The van der Waals surface area contributed by atoms with Gasteiger partial charge in [0.2, 0.25) is 5.91 Å². The number of hydrogen-bond donors (Lipinski definition) is 1. The second-order valence-electron chi connectivity index (χ2n) is 7.20. The summed E-state index contributed by atoms with van der Waals surface area (Å²) >= 11 is 0. The van der Waals surface area contributed by atoms with E-state index in [4.69, 9.17) is 0 Å². The molecule has 2 heterocycles. The maximum absolute atomic E-state index is 12.9. The highest BCUT2D eigenvalue weighted by Gasteiger charge is 2.35. The van der Waals surface area contributed by atoms with Gasteiger partial charge in [-0.15, -0.1) is 0 Å². The van der Waals surface area contributed by atoms with Gasteiger partial charge in [0.1, 0.15) is 0 Å². The Hall–Kier alpha value is -1.84. The van der Waals surface area contributed by atoms with Gasteiger partial charge in [-0.3, -0.25) is 9.89 Å². The lowest BCUT2D eigenvalue weighted by Crippen LogP contribution is -2.45. The van der Waals surface area contributed by atoms with Gasteiger partial charge in [-0.1, -0.05) is 33.8 Å². The quantitative estimate of drug-likeness (QED) is 0.917. The number of aromatic nitrogens is 2. The minimum absolute atomic E-state index is 0.0640.